The summed E-state index contributed by atoms with van der Waals surface area (Å²) in [5, 5.41) is 3.61. The zero-order valence-corrected chi connectivity index (χ0v) is 14.0. The van der Waals surface area contributed by atoms with Crippen molar-refractivity contribution in [2.24, 2.45) is 0 Å². The highest BCUT2D eigenvalue weighted by Gasteiger charge is 2.11. The second-order valence-corrected chi connectivity index (χ2v) is 6.02. The quantitative estimate of drug-likeness (QED) is 0.573. The van der Waals surface area contributed by atoms with Crippen LogP contribution in [0.5, 0.6) is 0 Å². The molecule has 0 radical (unpaired) electrons. The number of hydrogen-bond donors (Lipinski definition) is 2. The summed E-state index contributed by atoms with van der Waals surface area (Å²) in [6.07, 6.45) is 5.97. The SMILES string of the molecule is O=C(Nc1ccc(Cc2c[nH]c3ncccc23)cn1)c1ccc(F)c(F)c1. The van der Waals surface area contributed by atoms with Crippen molar-refractivity contribution >= 4 is 22.8 Å². The van der Waals surface area contributed by atoms with Crippen molar-refractivity contribution in [3.05, 3.63) is 89.4 Å². The first-order chi connectivity index (χ1) is 13.1. The number of rotatable bonds is 4. The highest BCUT2D eigenvalue weighted by molar-refractivity contribution is 6.03. The summed E-state index contributed by atoms with van der Waals surface area (Å²) in [5.74, 6) is -2.30. The van der Waals surface area contributed by atoms with E-state index in [1.807, 2.05) is 24.4 Å². The van der Waals surface area contributed by atoms with E-state index in [9.17, 15) is 13.6 Å². The average Bonchev–Trinajstić information content (AvgIpc) is 3.08. The van der Waals surface area contributed by atoms with Gasteiger partial charge in [0.1, 0.15) is 11.5 Å². The van der Waals surface area contributed by atoms with Crippen LogP contribution in [0.25, 0.3) is 11.0 Å². The maximum absolute atomic E-state index is 13.2. The first-order valence-electron chi connectivity index (χ1n) is 8.22. The molecule has 0 aliphatic carbocycles. The molecule has 1 amide bonds. The molecule has 27 heavy (non-hydrogen) atoms. The van der Waals surface area contributed by atoms with Crippen molar-refractivity contribution in [1.29, 1.82) is 0 Å². The van der Waals surface area contributed by atoms with Crippen LogP contribution < -0.4 is 5.32 Å². The number of amides is 1. The number of H-pyrrole nitrogens is 1. The summed E-state index contributed by atoms with van der Waals surface area (Å²) in [7, 11) is 0. The van der Waals surface area contributed by atoms with Crippen molar-refractivity contribution in [3.8, 4) is 0 Å². The molecule has 0 saturated heterocycles. The Bertz CT molecular complexity index is 1120. The molecule has 1 aromatic carbocycles. The number of aromatic nitrogens is 3. The number of carbonyl (C=O) groups excluding carboxylic acids is 1. The van der Waals surface area contributed by atoms with Gasteiger partial charge in [-0.3, -0.25) is 4.79 Å². The third kappa shape index (κ3) is 3.52. The van der Waals surface area contributed by atoms with Gasteiger partial charge in [0.2, 0.25) is 0 Å². The van der Waals surface area contributed by atoms with Gasteiger partial charge in [0.05, 0.1) is 0 Å². The van der Waals surface area contributed by atoms with Crippen LogP contribution >= 0.6 is 0 Å². The minimum atomic E-state index is -1.07. The molecule has 0 saturated carbocycles. The number of pyridine rings is 2. The smallest absolute Gasteiger partial charge is 0.256 e. The molecule has 3 aromatic heterocycles. The lowest BCUT2D eigenvalue weighted by Gasteiger charge is -2.06. The highest BCUT2D eigenvalue weighted by Crippen LogP contribution is 2.19. The number of aromatic amines is 1. The van der Waals surface area contributed by atoms with Gasteiger partial charge in [0, 0.05) is 36.0 Å². The molecule has 2 N–H and O–H groups in total. The summed E-state index contributed by atoms with van der Waals surface area (Å²) in [5.41, 5.74) is 2.91. The fraction of sp³-hybridized carbons (Fsp3) is 0.0500. The minimum Gasteiger partial charge on any atom is -0.346 e. The van der Waals surface area contributed by atoms with Crippen molar-refractivity contribution in [3.63, 3.8) is 0 Å². The number of nitrogens with one attached hydrogen (secondary N) is 2. The first-order valence-corrected chi connectivity index (χ1v) is 8.22. The summed E-state index contributed by atoms with van der Waals surface area (Å²) in [6.45, 7) is 0. The van der Waals surface area contributed by atoms with Gasteiger partial charge in [-0.25, -0.2) is 18.7 Å². The molecule has 0 atom stereocenters. The predicted octanol–water partition coefficient (Wildman–Crippen LogP) is 4.08. The van der Waals surface area contributed by atoms with Crippen LogP contribution in [0, 0.1) is 11.6 Å². The Hall–Kier alpha value is -3.61. The number of anilines is 1. The highest BCUT2D eigenvalue weighted by atomic mass is 19.2. The maximum Gasteiger partial charge on any atom is 0.256 e. The molecule has 4 rings (SSSR count). The Morgan fingerprint density at radius 1 is 1.07 bits per heavy atom. The minimum absolute atomic E-state index is 0.0195. The molecule has 0 bridgehead atoms. The Morgan fingerprint density at radius 3 is 2.74 bits per heavy atom. The monoisotopic (exact) mass is 364 g/mol. The first kappa shape index (κ1) is 16.8. The van der Waals surface area contributed by atoms with Crippen LogP contribution in [0.2, 0.25) is 0 Å². The van der Waals surface area contributed by atoms with E-state index in [4.69, 9.17) is 0 Å². The zero-order chi connectivity index (χ0) is 18.8. The summed E-state index contributed by atoms with van der Waals surface area (Å²) < 4.78 is 26.2. The van der Waals surface area contributed by atoms with Gasteiger partial charge >= 0.3 is 0 Å². The number of halogens is 2. The second-order valence-electron chi connectivity index (χ2n) is 6.02. The van der Waals surface area contributed by atoms with Gasteiger partial charge in [0.15, 0.2) is 11.6 Å². The van der Waals surface area contributed by atoms with E-state index >= 15 is 0 Å². The van der Waals surface area contributed by atoms with Crippen molar-refractivity contribution in [1.82, 2.24) is 15.0 Å². The van der Waals surface area contributed by atoms with Gasteiger partial charge in [-0.05, 0) is 47.5 Å². The molecule has 0 aliphatic rings. The van der Waals surface area contributed by atoms with E-state index in [0.29, 0.717) is 12.2 Å². The number of nitrogens with zero attached hydrogens (tertiary/aromatic N) is 2. The fourth-order valence-corrected chi connectivity index (χ4v) is 2.81. The lowest BCUT2D eigenvalue weighted by Crippen LogP contribution is -2.13. The summed E-state index contributed by atoms with van der Waals surface area (Å²) >= 11 is 0. The average molecular weight is 364 g/mol. The third-order valence-corrected chi connectivity index (χ3v) is 4.18. The Balaban J connectivity index is 1.47. The predicted molar refractivity (Wildman–Crippen MR) is 97.4 cm³/mol. The Kier molecular flexibility index (Phi) is 4.33. The largest absolute Gasteiger partial charge is 0.346 e. The van der Waals surface area contributed by atoms with Gasteiger partial charge < -0.3 is 10.3 Å². The van der Waals surface area contributed by atoms with Gasteiger partial charge in [-0.15, -0.1) is 0 Å². The topological polar surface area (TPSA) is 70.7 Å². The zero-order valence-electron chi connectivity index (χ0n) is 14.0. The summed E-state index contributed by atoms with van der Waals surface area (Å²) in [4.78, 5) is 23.7. The second kappa shape index (κ2) is 6.95. The lowest BCUT2D eigenvalue weighted by molar-refractivity contribution is 0.102. The number of hydrogen-bond acceptors (Lipinski definition) is 3. The Labute approximate surface area is 153 Å². The van der Waals surface area contributed by atoms with E-state index in [1.54, 1.807) is 18.5 Å². The molecule has 5 nitrogen and oxygen atoms in total. The number of carbonyl (C=O) groups is 1. The molecule has 4 aromatic rings. The third-order valence-electron chi connectivity index (χ3n) is 4.18. The van der Waals surface area contributed by atoms with E-state index < -0.39 is 17.5 Å². The molecule has 0 spiro atoms. The van der Waals surface area contributed by atoms with Crippen LogP contribution in [0.1, 0.15) is 21.5 Å². The maximum atomic E-state index is 13.2. The standard InChI is InChI=1S/C20H14F2N4O/c21-16-5-4-13(9-17(16)22)20(27)26-18-6-3-12(10-24-18)8-14-11-25-19-15(14)2-1-7-23-19/h1-7,9-11H,8H2,(H,23,25)(H,24,26,27). The van der Waals surface area contributed by atoms with Gasteiger partial charge in [0.25, 0.3) is 5.91 Å². The van der Waals surface area contributed by atoms with Crippen molar-refractivity contribution in [2.75, 3.05) is 5.32 Å². The Morgan fingerprint density at radius 2 is 1.96 bits per heavy atom. The van der Waals surface area contributed by atoms with Gasteiger partial charge in [-0.1, -0.05) is 6.07 Å². The van der Waals surface area contributed by atoms with E-state index in [1.165, 1.54) is 6.07 Å². The molecule has 134 valence electrons. The molecule has 3 heterocycles. The number of fused-ring (bicyclic) bond motifs is 1. The van der Waals surface area contributed by atoms with E-state index in [0.717, 1.165) is 34.3 Å². The molecular formula is C20H14F2N4O. The molecule has 7 heteroatoms. The van der Waals surface area contributed by atoms with Crippen molar-refractivity contribution in [2.45, 2.75) is 6.42 Å². The van der Waals surface area contributed by atoms with Crippen LogP contribution in [-0.2, 0) is 6.42 Å². The van der Waals surface area contributed by atoms with Crippen molar-refractivity contribution < 1.29 is 13.6 Å². The van der Waals surface area contributed by atoms with Crippen LogP contribution in [0.15, 0.2) is 61.1 Å². The summed E-state index contributed by atoms with van der Waals surface area (Å²) in [6, 6.07) is 10.4. The molecular weight excluding hydrogens is 350 g/mol. The number of benzene rings is 1. The van der Waals surface area contributed by atoms with Crippen LogP contribution in [0.3, 0.4) is 0 Å². The van der Waals surface area contributed by atoms with E-state index in [-0.39, 0.29) is 5.56 Å². The molecule has 0 aliphatic heterocycles. The van der Waals surface area contributed by atoms with Gasteiger partial charge in [-0.2, -0.15) is 0 Å². The fourth-order valence-electron chi connectivity index (χ4n) is 2.81. The van der Waals surface area contributed by atoms with E-state index in [2.05, 4.69) is 20.3 Å². The van der Waals surface area contributed by atoms with Crippen LogP contribution in [0.4, 0.5) is 14.6 Å². The lowest BCUT2D eigenvalue weighted by atomic mass is 10.1. The molecule has 0 fully saturated rings. The molecule has 0 unspecified atom stereocenters. The normalized spacial score (nSPS) is 10.9. The van der Waals surface area contributed by atoms with Crippen LogP contribution in [-0.4, -0.2) is 20.9 Å².